The molecule has 0 aromatic heterocycles. The van der Waals surface area contributed by atoms with Crippen molar-refractivity contribution in [1.29, 1.82) is 0 Å². The molecule has 0 bridgehead atoms. The zero-order valence-electron chi connectivity index (χ0n) is 36.8. The molecule has 0 aliphatic carbocycles. The summed E-state index contributed by atoms with van der Waals surface area (Å²) in [5.74, 6) is -5.89. The Balaban J connectivity index is 5.95. The summed E-state index contributed by atoms with van der Waals surface area (Å²) in [6, 6.07) is -8.02. The molecule has 0 aliphatic rings. The predicted molar refractivity (Wildman–Crippen MR) is 223 cm³/mol. The maximum Gasteiger partial charge on any atom is 0.245 e. The van der Waals surface area contributed by atoms with E-state index in [1.807, 2.05) is 0 Å². The molecule has 0 aliphatic heterocycles. The number of unbranched alkanes of at least 4 members (excludes halogenated alkanes) is 1. The number of carbonyl (C=O) groups is 8. The van der Waals surface area contributed by atoms with Gasteiger partial charge in [0.15, 0.2) is 5.96 Å². The Hall–Kier alpha value is -5.05. The maximum atomic E-state index is 13.6. The van der Waals surface area contributed by atoms with Crippen LogP contribution in [0.4, 0.5) is 0 Å². The number of likely N-dealkylation sites (N-methyl/N-ethyl adjacent to an activating group) is 1. The molecule has 0 spiro atoms. The summed E-state index contributed by atoms with van der Waals surface area (Å²) in [7, 11) is 7.64. The number of amides is 8. The van der Waals surface area contributed by atoms with Gasteiger partial charge in [0.25, 0.3) is 0 Å². The van der Waals surface area contributed by atoms with E-state index in [1.165, 1.54) is 34.7 Å². The second-order valence-corrected chi connectivity index (χ2v) is 16.2. The lowest BCUT2D eigenvalue weighted by Gasteiger charge is -2.28. The highest BCUT2D eigenvalue weighted by Crippen LogP contribution is 2.09. The van der Waals surface area contributed by atoms with E-state index < -0.39 is 95.7 Å². The fourth-order valence-electron chi connectivity index (χ4n) is 5.75. The molecule has 0 rings (SSSR count). The molecule has 0 saturated carbocycles. The molecule has 8 atom stereocenters. The van der Waals surface area contributed by atoms with Crippen LogP contribution >= 0.6 is 0 Å². The molecule has 59 heavy (non-hydrogen) atoms. The third-order valence-electron chi connectivity index (χ3n) is 9.11. The number of rotatable bonds is 27. The molecule has 0 aromatic rings. The Bertz CT molecular complexity index is 1450. The number of hydrogen-bond acceptors (Lipinski definition) is 10. The zero-order chi connectivity index (χ0) is 45.6. The smallest absolute Gasteiger partial charge is 0.245 e. The lowest BCUT2D eigenvalue weighted by molar-refractivity contribution is -0.870. The molecule has 0 unspecified atom stereocenters. The normalized spacial score (nSPS) is 15.3. The number of aliphatic imine (C=N–C) groups is 1. The molecule has 8 amide bonds. The molecule has 0 saturated heterocycles. The van der Waals surface area contributed by atoms with E-state index in [0.717, 1.165) is 17.4 Å². The maximum absolute atomic E-state index is 13.6. The van der Waals surface area contributed by atoms with Crippen LogP contribution in [-0.4, -0.2) is 152 Å². The molecule has 0 radical (unpaired) electrons. The van der Waals surface area contributed by atoms with Crippen molar-refractivity contribution >= 4 is 53.2 Å². The number of aliphatic hydroxyl groups is 1. The highest BCUT2D eigenvalue weighted by atomic mass is 16.3. The van der Waals surface area contributed by atoms with Crippen molar-refractivity contribution in [1.82, 2.24) is 42.5 Å². The van der Waals surface area contributed by atoms with Gasteiger partial charge >= 0.3 is 0 Å². The van der Waals surface area contributed by atoms with Crippen LogP contribution in [0.5, 0.6) is 0 Å². The van der Waals surface area contributed by atoms with Gasteiger partial charge in [0, 0.05) is 20.5 Å². The number of aliphatic hydroxyl groups excluding tert-OH is 1. The van der Waals surface area contributed by atoms with Crippen LogP contribution in [0, 0.1) is 5.92 Å². The number of guanidine groups is 1. The van der Waals surface area contributed by atoms with E-state index in [4.69, 9.17) is 11.5 Å². The fourth-order valence-corrected chi connectivity index (χ4v) is 5.75. The Morgan fingerprint density at radius 3 is 1.56 bits per heavy atom. The van der Waals surface area contributed by atoms with Gasteiger partial charge < -0.3 is 63.6 Å². The summed E-state index contributed by atoms with van der Waals surface area (Å²) in [5.41, 5.74) is 10.9. The minimum Gasteiger partial charge on any atom is -0.391 e. The first-order valence-electron chi connectivity index (χ1n) is 20.2. The van der Waals surface area contributed by atoms with Crippen LogP contribution in [0.25, 0.3) is 0 Å². The van der Waals surface area contributed by atoms with Gasteiger partial charge in [-0.05, 0) is 65.2 Å². The first kappa shape index (κ1) is 54.0. The number of nitrogens with two attached hydrogens (primary N) is 2. The van der Waals surface area contributed by atoms with Gasteiger partial charge in [0.05, 0.1) is 33.8 Å². The highest BCUT2D eigenvalue weighted by Gasteiger charge is 2.34. The van der Waals surface area contributed by atoms with Crippen LogP contribution in [0.15, 0.2) is 4.99 Å². The van der Waals surface area contributed by atoms with Gasteiger partial charge in [-0.1, -0.05) is 27.2 Å². The van der Waals surface area contributed by atoms with Crippen LogP contribution in [0.3, 0.4) is 0 Å². The van der Waals surface area contributed by atoms with E-state index in [1.54, 1.807) is 20.8 Å². The quantitative estimate of drug-likeness (QED) is 0.0171. The highest BCUT2D eigenvalue weighted by molar-refractivity contribution is 5.97. The first-order chi connectivity index (χ1) is 27.3. The van der Waals surface area contributed by atoms with Gasteiger partial charge in [-0.2, -0.15) is 0 Å². The molecule has 338 valence electrons. The van der Waals surface area contributed by atoms with Crippen molar-refractivity contribution in [3.05, 3.63) is 0 Å². The summed E-state index contributed by atoms with van der Waals surface area (Å²) in [6.07, 6.45) is 1.43. The minimum atomic E-state index is -1.47. The number of quaternary nitrogens is 1. The number of hydrogen-bond donors (Lipinski definition) is 11. The Kier molecular flexibility index (Phi) is 24.6. The van der Waals surface area contributed by atoms with Crippen molar-refractivity contribution < 1.29 is 47.9 Å². The van der Waals surface area contributed by atoms with Crippen LogP contribution < -0.4 is 54.0 Å². The largest absolute Gasteiger partial charge is 0.391 e. The summed E-state index contributed by atoms with van der Waals surface area (Å²) < 4.78 is 0.744. The predicted octanol–water partition coefficient (Wildman–Crippen LogP) is -3.05. The molecule has 0 aromatic carbocycles. The minimum absolute atomic E-state index is 0.0973. The van der Waals surface area contributed by atoms with E-state index in [2.05, 4.69) is 68.7 Å². The Morgan fingerprint density at radius 1 is 0.593 bits per heavy atom. The SMILES string of the molecule is CCC[C@H](NC(=O)[C@@H](NC(=O)[C@H](C)NC(C)=O)[C@@H](C)O)C(=O)N[C@H](C(=O)N[C@@H](C)C(=O)N[C@@H](CCCN=C(N)N)C(=O)N[C@@H](CCCC[N+](C)(C)C)C(=O)NC)C(C)C. The third-order valence-corrected chi connectivity index (χ3v) is 9.11. The monoisotopic (exact) mass is 842 g/mol. The molecular weight excluding hydrogens is 768 g/mol. The lowest BCUT2D eigenvalue weighted by atomic mass is 10.0. The summed E-state index contributed by atoms with van der Waals surface area (Å²) in [6.45, 7) is 11.4. The van der Waals surface area contributed by atoms with E-state index in [0.29, 0.717) is 25.7 Å². The third kappa shape index (κ3) is 22.1. The molecule has 13 N–H and O–H groups in total. The molecule has 21 heteroatoms. The zero-order valence-corrected chi connectivity index (χ0v) is 36.8. The van der Waals surface area contributed by atoms with Crippen LogP contribution in [0.1, 0.15) is 93.4 Å². The summed E-state index contributed by atoms with van der Waals surface area (Å²) in [4.78, 5) is 108. The van der Waals surface area contributed by atoms with Crippen molar-refractivity contribution in [3.8, 4) is 0 Å². The lowest BCUT2D eigenvalue weighted by Crippen LogP contribution is -2.61. The van der Waals surface area contributed by atoms with Gasteiger partial charge in [-0.25, -0.2) is 0 Å². The number of nitrogens with zero attached hydrogens (tertiary/aromatic N) is 2. The topological polar surface area (TPSA) is 317 Å². The molecular formula is C38H73N12O9+. The average Bonchev–Trinajstić information content (AvgIpc) is 3.12. The summed E-state index contributed by atoms with van der Waals surface area (Å²) in [5, 5.41) is 30.8. The second kappa shape index (κ2) is 26.9. The van der Waals surface area contributed by atoms with Crippen molar-refractivity contribution in [2.75, 3.05) is 41.3 Å². The summed E-state index contributed by atoms with van der Waals surface area (Å²) >= 11 is 0. The van der Waals surface area contributed by atoms with Gasteiger partial charge in [0.2, 0.25) is 47.3 Å². The number of nitrogens with one attached hydrogen (secondary N) is 8. The molecule has 21 nitrogen and oxygen atoms in total. The van der Waals surface area contributed by atoms with Gasteiger partial charge in [0.1, 0.15) is 42.3 Å². The van der Waals surface area contributed by atoms with Crippen LogP contribution in [0.2, 0.25) is 0 Å². The molecule has 0 fully saturated rings. The standard InChI is InChI=1S/C38H72N12O9/c1-12-16-26(47-37(59)30(24(6)51)49-32(54)22(4)43-25(7)52)35(57)48-29(21(2)3)36(58)44-23(5)31(53)45-28(18-15-19-42-38(39)40)34(56)46-27(33(55)41-8)17-13-14-20-50(9,10)11/h21-24,26-30,51H,12-20H2,1-11H3,(H11-,39,40,41,42,43,44,45,46,47,48,49,52,53,54,55,56,57,58,59)/p+1/t22-,23-,24+,26-,27-,28-,29-,30-/m0/s1. The van der Waals surface area contributed by atoms with E-state index >= 15 is 0 Å². The van der Waals surface area contributed by atoms with Gasteiger partial charge in [-0.15, -0.1) is 0 Å². The van der Waals surface area contributed by atoms with Gasteiger partial charge in [-0.3, -0.25) is 43.3 Å². The van der Waals surface area contributed by atoms with Crippen molar-refractivity contribution in [2.45, 2.75) is 142 Å². The van der Waals surface area contributed by atoms with E-state index in [-0.39, 0.29) is 31.3 Å². The van der Waals surface area contributed by atoms with Crippen LogP contribution in [-0.2, 0) is 38.4 Å². The van der Waals surface area contributed by atoms with Crippen molar-refractivity contribution in [2.24, 2.45) is 22.4 Å². The first-order valence-corrected chi connectivity index (χ1v) is 20.2. The Labute approximate surface area is 348 Å². The van der Waals surface area contributed by atoms with Crippen molar-refractivity contribution in [3.63, 3.8) is 0 Å². The molecule has 0 heterocycles. The van der Waals surface area contributed by atoms with E-state index in [9.17, 15) is 43.5 Å². The number of carbonyl (C=O) groups excluding carboxylic acids is 8. The second-order valence-electron chi connectivity index (χ2n) is 16.2. The fraction of sp³-hybridized carbons (Fsp3) is 0.763. The average molecular weight is 842 g/mol. The Morgan fingerprint density at radius 2 is 1.05 bits per heavy atom.